The number of benzene rings is 1. The largest absolute Gasteiger partial charge is 0.345 e. The van der Waals surface area contributed by atoms with Gasteiger partial charge < -0.3 is 0 Å². The highest BCUT2D eigenvalue weighted by atomic mass is 32.2. The van der Waals surface area contributed by atoms with E-state index in [1.165, 1.54) is 15.2 Å². The van der Waals surface area contributed by atoms with Crippen molar-refractivity contribution in [2.45, 2.75) is 45.3 Å². The molecule has 8 heteroatoms. The van der Waals surface area contributed by atoms with Crippen molar-refractivity contribution in [2.75, 3.05) is 12.8 Å². The number of nitrogens with zero attached hydrogens (tertiary/aromatic N) is 4. The molecular weight excluding hydrogens is 340 g/mol. The molecule has 0 bridgehead atoms. The van der Waals surface area contributed by atoms with Gasteiger partial charge in [-0.1, -0.05) is 36.8 Å². The van der Waals surface area contributed by atoms with Gasteiger partial charge in [-0.15, -0.1) is 0 Å². The molecule has 1 aliphatic heterocycles. The van der Waals surface area contributed by atoms with Crippen molar-refractivity contribution in [3.05, 3.63) is 52.2 Å². The van der Waals surface area contributed by atoms with Crippen LogP contribution >= 0.6 is 0 Å². The highest BCUT2D eigenvalue weighted by molar-refractivity contribution is 7.88. The summed E-state index contributed by atoms with van der Waals surface area (Å²) < 4.78 is 28.7. The minimum Gasteiger partial charge on any atom is -0.279 e. The third-order valence-corrected chi connectivity index (χ3v) is 5.76. The maximum atomic E-state index is 12.5. The molecule has 25 heavy (non-hydrogen) atoms. The molecule has 1 aliphatic rings. The van der Waals surface area contributed by atoms with Gasteiger partial charge in [0.25, 0.3) is 0 Å². The predicted molar refractivity (Wildman–Crippen MR) is 95.7 cm³/mol. The van der Waals surface area contributed by atoms with Gasteiger partial charge in [0.2, 0.25) is 10.0 Å². The maximum Gasteiger partial charge on any atom is 0.345 e. The molecule has 1 aromatic heterocycles. The molecule has 7 nitrogen and oxygen atoms in total. The van der Waals surface area contributed by atoms with Crippen molar-refractivity contribution in [1.82, 2.24) is 18.7 Å². The second-order valence-electron chi connectivity index (χ2n) is 6.47. The summed E-state index contributed by atoms with van der Waals surface area (Å²) in [5, 5.41) is 4.42. The molecule has 0 amide bonds. The van der Waals surface area contributed by atoms with Crippen LogP contribution in [0, 0.1) is 0 Å². The van der Waals surface area contributed by atoms with Crippen molar-refractivity contribution in [1.29, 1.82) is 0 Å². The molecule has 0 saturated carbocycles. The molecule has 0 saturated heterocycles. The number of rotatable bonds is 6. The Morgan fingerprint density at radius 3 is 2.64 bits per heavy atom. The van der Waals surface area contributed by atoms with Crippen LogP contribution in [0.1, 0.15) is 30.7 Å². The van der Waals surface area contributed by atoms with Gasteiger partial charge in [-0.3, -0.25) is 4.57 Å². The standard InChI is InChI=1S/C17H24N4O3S/c1-25(23,24)19(14-15-8-4-2-5-9-15)12-13-21-17(22)20-11-7-3-6-10-16(20)18-21/h2,4-5,8-9H,3,6-7,10-14H2,1H3. The van der Waals surface area contributed by atoms with Gasteiger partial charge in [-0.2, -0.15) is 9.40 Å². The summed E-state index contributed by atoms with van der Waals surface area (Å²) in [7, 11) is -3.37. The molecule has 0 unspecified atom stereocenters. The van der Waals surface area contributed by atoms with Gasteiger partial charge in [0.15, 0.2) is 0 Å². The highest BCUT2D eigenvalue weighted by Gasteiger charge is 2.20. The fraction of sp³-hybridized carbons (Fsp3) is 0.529. The van der Waals surface area contributed by atoms with Gasteiger partial charge in [-0.25, -0.2) is 17.9 Å². The highest BCUT2D eigenvalue weighted by Crippen LogP contribution is 2.11. The smallest absolute Gasteiger partial charge is 0.279 e. The van der Waals surface area contributed by atoms with Crippen LogP contribution in [0.3, 0.4) is 0 Å². The Kier molecular flexibility index (Phi) is 5.39. The second kappa shape index (κ2) is 7.53. The molecule has 0 spiro atoms. The van der Waals surface area contributed by atoms with Gasteiger partial charge in [0.05, 0.1) is 12.8 Å². The lowest BCUT2D eigenvalue weighted by Crippen LogP contribution is -2.35. The molecule has 136 valence electrons. The molecule has 0 fully saturated rings. The lowest BCUT2D eigenvalue weighted by atomic mass is 10.2. The van der Waals surface area contributed by atoms with Crippen molar-refractivity contribution in [2.24, 2.45) is 0 Å². The van der Waals surface area contributed by atoms with Crippen LogP contribution in [0.4, 0.5) is 0 Å². The summed E-state index contributed by atoms with van der Waals surface area (Å²) in [4.78, 5) is 12.5. The van der Waals surface area contributed by atoms with E-state index in [0.29, 0.717) is 13.1 Å². The Morgan fingerprint density at radius 2 is 1.92 bits per heavy atom. The molecule has 0 N–H and O–H groups in total. The minimum atomic E-state index is -3.37. The number of hydrogen-bond donors (Lipinski definition) is 0. The second-order valence-corrected chi connectivity index (χ2v) is 8.45. The third-order valence-electron chi connectivity index (χ3n) is 4.51. The maximum absolute atomic E-state index is 12.5. The van der Waals surface area contributed by atoms with Crippen LogP contribution in [0.2, 0.25) is 0 Å². The Hall–Kier alpha value is -1.93. The fourth-order valence-corrected chi connectivity index (χ4v) is 3.92. The average molecular weight is 364 g/mol. The van der Waals surface area contributed by atoms with Gasteiger partial charge in [0, 0.05) is 26.1 Å². The molecule has 2 heterocycles. The van der Waals surface area contributed by atoms with E-state index in [2.05, 4.69) is 5.10 Å². The van der Waals surface area contributed by atoms with E-state index in [4.69, 9.17) is 0 Å². The SMILES string of the molecule is CS(=O)(=O)N(CCn1nc2n(c1=O)CCCCC2)Cc1ccccc1. The number of fused-ring (bicyclic) bond motifs is 1. The van der Waals surface area contributed by atoms with E-state index < -0.39 is 10.0 Å². The Labute approximate surface area is 147 Å². The minimum absolute atomic E-state index is 0.134. The van der Waals surface area contributed by atoms with E-state index in [1.54, 1.807) is 4.57 Å². The zero-order valence-corrected chi connectivity index (χ0v) is 15.3. The molecule has 0 radical (unpaired) electrons. The van der Waals surface area contributed by atoms with Crippen molar-refractivity contribution in [3.8, 4) is 0 Å². The van der Waals surface area contributed by atoms with E-state index in [-0.39, 0.29) is 18.8 Å². The van der Waals surface area contributed by atoms with Gasteiger partial charge >= 0.3 is 5.69 Å². The van der Waals surface area contributed by atoms with Gasteiger partial charge in [0.1, 0.15) is 5.82 Å². The summed E-state index contributed by atoms with van der Waals surface area (Å²) >= 11 is 0. The fourth-order valence-electron chi connectivity index (χ4n) is 3.13. The molecule has 0 atom stereocenters. The zero-order chi connectivity index (χ0) is 17.9. The van der Waals surface area contributed by atoms with Gasteiger partial charge in [-0.05, 0) is 18.4 Å². The monoisotopic (exact) mass is 364 g/mol. The number of sulfonamides is 1. The topological polar surface area (TPSA) is 77.2 Å². The first-order valence-electron chi connectivity index (χ1n) is 8.61. The molecule has 1 aromatic carbocycles. The third kappa shape index (κ3) is 4.38. The average Bonchev–Trinajstić information content (AvgIpc) is 2.75. The first-order valence-corrected chi connectivity index (χ1v) is 10.5. The van der Waals surface area contributed by atoms with Crippen molar-refractivity contribution < 1.29 is 8.42 Å². The molecule has 3 rings (SSSR count). The number of hydrogen-bond acceptors (Lipinski definition) is 4. The van der Waals surface area contributed by atoms with Crippen LogP contribution in [-0.2, 0) is 36.1 Å². The lowest BCUT2D eigenvalue weighted by molar-refractivity contribution is 0.376. The van der Waals surface area contributed by atoms with Crippen LogP contribution in [-0.4, -0.2) is 39.9 Å². The van der Waals surface area contributed by atoms with Crippen LogP contribution in [0.15, 0.2) is 35.1 Å². The van der Waals surface area contributed by atoms with Crippen LogP contribution in [0.25, 0.3) is 0 Å². The summed E-state index contributed by atoms with van der Waals surface area (Å²) in [6.07, 6.45) is 5.15. The van der Waals surface area contributed by atoms with Crippen molar-refractivity contribution >= 4 is 10.0 Å². The first-order chi connectivity index (χ1) is 11.9. The summed E-state index contributed by atoms with van der Waals surface area (Å²) in [5.74, 6) is 0.816. The normalized spacial score (nSPS) is 15.1. The lowest BCUT2D eigenvalue weighted by Gasteiger charge is -2.19. The van der Waals surface area contributed by atoms with E-state index >= 15 is 0 Å². The summed E-state index contributed by atoms with van der Waals surface area (Å²) in [6, 6.07) is 9.44. The molecular formula is C17H24N4O3S. The van der Waals surface area contributed by atoms with E-state index in [0.717, 1.165) is 37.1 Å². The summed E-state index contributed by atoms with van der Waals surface area (Å²) in [5.41, 5.74) is 0.783. The molecule has 2 aromatic rings. The van der Waals surface area contributed by atoms with Crippen molar-refractivity contribution in [3.63, 3.8) is 0 Å². The molecule has 0 aliphatic carbocycles. The Bertz CT molecular complexity index is 871. The Balaban J connectivity index is 1.75. The number of aryl methyl sites for hydroxylation is 1. The quantitative estimate of drug-likeness (QED) is 0.772. The van der Waals surface area contributed by atoms with E-state index in [1.807, 2.05) is 30.3 Å². The predicted octanol–water partition coefficient (Wildman–Crippen LogP) is 1.23. The van der Waals surface area contributed by atoms with Crippen LogP contribution < -0.4 is 5.69 Å². The Morgan fingerprint density at radius 1 is 1.16 bits per heavy atom. The first kappa shape index (κ1) is 17.9. The summed E-state index contributed by atoms with van der Waals surface area (Å²) in [6.45, 7) is 1.48. The number of aromatic nitrogens is 3. The van der Waals surface area contributed by atoms with E-state index in [9.17, 15) is 13.2 Å². The zero-order valence-electron chi connectivity index (χ0n) is 14.5. The van der Waals surface area contributed by atoms with Crippen LogP contribution in [0.5, 0.6) is 0 Å².